The summed E-state index contributed by atoms with van der Waals surface area (Å²) >= 11 is 0. The molecule has 0 aliphatic rings. The van der Waals surface area contributed by atoms with E-state index in [2.05, 4.69) is 17.0 Å². The van der Waals surface area contributed by atoms with Crippen molar-refractivity contribution < 1.29 is 9.53 Å². The number of rotatable bonds is 6. The lowest BCUT2D eigenvalue weighted by Crippen LogP contribution is -2.24. The number of hydrogen-bond acceptors (Lipinski definition) is 3. The van der Waals surface area contributed by atoms with E-state index in [1.807, 2.05) is 32.0 Å². The fourth-order valence-electron chi connectivity index (χ4n) is 1.81. The number of benzene rings is 1. The maximum Gasteiger partial charge on any atom is 0.272 e. The Morgan fingerprint density at radius 1 is 1.43 bits per heavy atom. The zero-order valence-electron chi connectivity index (χ0n) is 12.3. The van der Waals surface area contributed by atoms with Crippen LogP contribution < -0.4 is 10.1 Å². The van der Waals surface area contributed by atoms with Crippen LogP contribution in [0, 0.1) is 13.8 Å². The Kier molecular flexibility index (Phi) is 4.77. The molecular weight excluding hydrogens is 266 g/mol. The first kappa shape index (κ1) is 14.8. The first-order valence-electron chi connectivity index (χ1n) is 6.73. The van der Waals surface area contributed by atoms with Gasteiger partial charge in [0.05, 0.1) is 0 Å². The zero-order chi connectivity index (χ0) is 15.2. The number of nitrogens with zero attached hydrogens (tertiary/aromatic N) is 2. The Morgan fingerprint density at radius 2 is 2.24 bits per heavy atom. The van der Waals surface area contributed by atoms with E-state index < -0.39 is 0 Å². The van der Waals surface area contributed by atoms with E-state index in [0.29, 0.717) is 12.2 Å². The van der Waals surface area contributed by atoms with Crippen molar-refractivity contribution in [2.45, 2.75) is 20.6 Å². The molecule has 0 bridgehead atoms. The van der Waals surface area contributed by atoms with Gasteiger partial charge < -0.3 is 10.1 Å². The van der Waals surface area contributed by atoms with E-state index in [-0.39, 0.29) is 12.6 Å². The van der Waals surface area contributed by atoms with Crippen molar-refractivity contribution in [3.63, 3.8) is 0 Å². The minimum absolute atomic E-state index is 0.222. The van der Waals surface area contributed by atoms with Crippen molar-refractivity contribution in [3.8, 4) is 5.75 Å². The Hall–Kier alpha value is -2.56. The summed E-state index contributed by atoms with van der Waals surface area (Å²) in [5.74, 6) is 0.601. The molecule has 0 fully saturated rings. The average molecular weight is 285 g/mol. The molecule has 1 amide bonds. The van der Waals surface area contributed by atoms with E-state index in [0.717, 1.165) is 16.9 Å². The molecular formula is C16H19N3O2. The van der Waals surface area contributed by atoms with Crippen LogP contribution in [0.5, 0.6) is 5.75 Å². The van der Waals surface area contributed by atoms with E-state index in [1.54, 1.807) is 23.0 Å². The fourth-order valence-corrected chi connectivity index (χ4v) is 1.81. The number of hydrogen-bond donors (Lipinski definition) is 1. The second-order valence-electron chi connectivity index (χ2n) is 4.78. The van der Waals surface area contributed by atoms with Gasteiger partial charge in [-0.15, -0.1) is 6.58 Å². The van der Waals surface area contributed by atoms with E-state index >= 15 is 0 Å². The molecule has 0 aliphatic heterocycles. The molecule has 0 aliphatic carbocycles. The molecule has 1 heterocycles. The van der Waals surface area contributed by atoms with E-state index in [4.69, 9.17) is 4.74 Å². The van der Waals surface area contributed by atoms with Crippen molar-refractivity contribution in [1.29, 1.82) is 0 Å². The van der Waals surface area contributed by atoms with Gasteiger partial charge in [0.25, 0.3) is 5.91 Å². The molecule has 110 valence electrons. The molecule has 0 radical (unpaired) electrons. The summed E-state index contributed by atoms with van der Waals surface area (Å²) in [5, 5.41) is 6.85. The highest BCUT2D eigenvalue weighted by Gasteiger charge is 2.08. The Bertz CT molecular complexity index is 647. The van der Waals surface area contributed by atoms with E-state index in [1.165, 1.54) is 0 Å². The number of carbonyl (C=O) groups excluding carboxylic acids is 1. The second kappa shape index (κ2) is 6.74. The lowest BCUT2D eigenvalue weighted by molar-refractivity contribution is 0.0951. The molecule has 0 saturated carbocycles. The third-order valence-corrected chi connectivity index (χ3v) is 2.98. The smallest absolute Gasteiger partial charge is 0.272 e. The van der Waals surface area contributed by atoms with Crippen LogP contribution in [0.25, 0.3) is 0 Å². The molecule has 2 aromatic rings. The van der Waals surface area contributed by atoms with Gasteiger partial charge in [-0.25, -0.2) is 4.68 Å². The molecule has 5 heteroatoms. The van der Waals surface area contributed by atoms with Crippen LogP contribution in [0.15, 0.2) is 43.1 Å². The summed E-state index contributed by atoms with van der Waals surface area (Å²) in [6.45, 7) is 8.24. The number of carbonyl (C=O) groups is 1. The second-order valence-corrected chi connectivity index (χ2v) is 4.78. The molecule has 1 aromatic carbocycles. The predicted octanol–water partition coefficient (Wildman–Crippen LogP) is 2.45. The molecule has 0 atom stereocenters. The third kappa shape index (κ3) is 3.95. The first-order chi connectivity index (χ1) is 10.1. The normalized spacial score (nSPS) is 10.2. The SMILES string of the molecule is C=CCNC(=O)c1ccn(COc2cc(C)ccc2C)n1. The van der Waals surface area contributed by atoms with Crippen molar-refractivity contribution in [3.05, 3.63) is 59.9 Å². The summed E-state index contributed by atoms with van der Waals surface area (Å²) in [5.41, 5.74) is 2.57. The number of aromatic nitrogens is 2. The van der Waals surface area contributed by atoms with Gasteiger partial charge in [0, 0.05) is 12.7 Å². The number of aryl methyl sites for hydroxylation is 2. The van der Waals surface area contributed by atoms with Crippen LogP contribution in [0.3, 0.4) is 0 Å². The molecule has 1 N–H and O–H groups in total. The van der Waals surface area contributed by atoms with Crippen molar-refractivity contribution in [2.75, 3.05) is 6.54 Å². The molecule has 5 nitrogen and oxygen atoms in total. The lowest BCUT2D eigenvalue weighted by atomic mass is 10.1. The van der Waals surface area contributed by atoms with Gasteiger partial charge >= 0.3 is 0 Å². The Morgan fingerprint density at radius 3 is 3.00 bits per heavy atom. The van der Waals surface area contributed by atoms with Crippen molar-refractivity contribution >= 4 is 5.91 Å². The van der Waals surface area contributed by atoms with Crippen molar-refractivity contribution in [1.82, 2.24) is 15.1 Å². The average Bonchev–Trinajstić information content (AvgIpc) is 2.94. The van der Waals surface area contributed by atoms with Gasteiger partial charge in [-0.1, -0.05) is 18.2 Å². The minimum atomic E-state index is -0.222. The largest absolute Gasteiger partial charge is 0.471 e. The minimum Gasteiger partial charge on any atom is -0.471 e. The number of nitrogens with one attached hydrogen (secondary N) is 1. The van der Waals surface area contributed by atoms with Crippen molar-refractivity contribution in [2.24, 2.45) is 0 Å². The topological polar surface area (TPSA) is 56.2 Å². The zero-order valence-corrected chi connectivity index (χ0v) is 12.3. The third-order valence-electron chi connectivity index (χ3n) is 2.98. The number of ether oxygens (including phenoxy) is 1. The summed E-state index contributed by atoms with van der Waals surface area (Å²) < 4.78 is 7.32. The molecule has 0 spiro atoms. The fraction of sp³-hybridized carbons (Fsp3) is 0.250. The van der Waals surface area contributed by atoms with Gasteiger partial charge in [-0.3, -0.25) is 4.79 Å². The van der Waals surface area contributed by atoms with Gasteiger partial charge in [0.2, 0.25) is 0 Å². The summed E-state index contributed by atoms with van der Waals surface area (Å²) in [7, 11) is 0. The highest BCUT2D eigenvalue weighted by atomic mass is 16.5. The number of amides is 1. The van der Waals surface area contributed by atoms with Crippen LogP contribution in [0.4, 0.5) is 0 Å². The maximum absolute atomic E-state index is 11.7. The molecule has 1 aromatic heterocycles. The van der Waals surface area contributed by atoms with Gasteiger partial charge in [0.1, 0.15) is 11.4 Å². The molecule has 2 rings (SSSR count). The highest BCUT2D eigenvalue weighted by molar-refractivity contribution is 5.92. The van der Waals surface area contributed by atoms with Gasteiger partial charge in [0.15, 0.2) is 6.73 Å². The summed E-state index contributed by atoms with van der Waals surface area (Å²) in [6, 6.07) is 7.70. The first-order valence-corrected chi connectivity index (χ1v) is 6.73. The van der Waals surface area contributed by atoms with Crippen LogP contribution in [-0.4, -0.2) is 22.2 Å². The van der Waals surface area contributed by atoms with Crippen LogP contribution in [0.1, 0.15) is 21.6 Å². The van der Waals surface area contributed by atoms with Crippen LogP contribution in [-0.2, 0) is 6.73 Å². The van der Waals surface area contributed by atoms with Gasteiger partial charge in [-0.05, 0) is 37.1 Å². The van der Waals surface area contributed by atoms with E-state index in [9.17, 15) is 4.79 Å². The summed E-state index contributed by atoms with van der Waals surface area (Å²) in [6.07, 6.45) is 3.34. The Labute approximate surface area is 124 Å². The predicted molar refractivity (Wildman–Crippen MR) is 81.3 cm³/mol. The highest BCUT2D eigenvalue weighted by Crippen LogP contribution is 2.19. The van der Waals surface area contributed by atoms with Gasteiger partial charge in [-0.2, -0.15) is 5.10 Å². The quantitative estimate of drug-likeness (QED) is 0.829. The maximum atomic E-state index is 11.7. The summed E-state index contributed by atoms with van der Waals surface area (Å²) in [4.78, 5) is 11.7. The lowest BCUT2D eigenvalue weighted by Gasteiger charge is -2.09. The molecule has 0 saturated heterocycles. The van der Waals surface area contributed by atoms with Crippen LogP contribution in [0.2, 0.25) is 0 Å². The van der Waals surface area contributed by atoms with Crippen LogP contribution >= 0.6 is 0 Å². The molecule has 21 heavy (non-hydrogen) atoms. The standard InChI is InChI=1S/C16H19N3O2/c1-4-8-17-16(20)14-7-9-19(18-14)11-21-15-10-12(2)5-6-13(15)3/h4-7,9-10H,1,8,11H2,2-3H3,(H,17,20). The monoisotopic (exact) mass is 285 g/mol. The Balaban J connectivity index is 1.98. The molecule has 0 unspecified atom stereocenters.